The van der Waals surface area contributed by atoms with Crippen LogP contribution in [0.1, 0.15) is 22.5 Å². The largest absolute Gasteiger partial charge is 0.301 e. The lowest BCUT2D eigenvalue weighted by Crippen LogP contribution is -2.45. The third kappa shape index (κ3) is 3.03. The molecule has 0 saturated carbocycles. The van der Waals surface area contributed by atoms with E-state index in [0.717, 1.165) is 54.8 Å². The summed E-state index contributed by atoms with van der Waals surface area (Å²) >= 11 is 1.53. The molecule has 1 fully saturated rings. The van der Waals surface area contributed by atoms with Gasteiger partial charge >= 0.3 is 0 Å². The molecule has 92 valence electrons. The Morgan fingerprint density at radius 3 is 2.47 bits per heavy atom. The van der Waals surface area contributed by atoms with Crippen LogP contribution in [0.4, 0.5) is 0 Å². The lowest BCUT2D eigenvalue weighted by Gasteiger charge is -2.33. The molecule has 4 nitrogen and oxygen atoms in total. The highest BCUT2D eigenvalue weighted by atomic mass is 32.1. The maximum atomic E-state index is 8.90. The number of aryl methyl sites for hydroxylation is 1. The molecule has 0 radical (unpaired) electrons. The fourth-order valence-electron chi connectivity index (χ4n) is 2.08. The zero-order chi connectivity index (χ0) is 12.3. The van der Waals surface area contributed by atoms with E-state index < -0.39 is 0 Å². The fourth-order valence-corrected chi connectivity index (χ4v) is 2.98. The van der Waals surface area contributed by atoms with E-state index in [2.05, 4.69) is 27.8 Å². The number of aromatic nitrogens is 1. The summed E-state index contributed by atoms with van der Waals surface area (Å²) < 4.78 is 0. The van der Waals surface area contributed by atoms with Crippen molar-refractivity contribution in [1.82, 2.24) is 14.8 Å². The molecule has 17 heavy (non-hydrogen) atoms. The van der Waals surface area contributed by atoms with E-state index >= 15 is 0 Å². The summed E-state index contributed by atoms with van der Waals surface area (Å²) in [7, 11) is 0. The highest BCUT2D eigenvalue weighted by molar-refractivity contribution is 7.12. The SMILES string of the molecule is CCN1CCN(Cc2nc(C)c(C#N)s2)CC1. The van der Waals surface area contributed by atoms with Gasteiger partial charge in [-0.25, -0.2) is 4.98 Å². The molecule has 0 aliphatic carbocycles. The predicted octanol–water partition coefficient (Wildman–Crippen LogP) is 1.46. The van der Waals surface area contributed by atoms with Gasteiger partial charge in [-0.2, -0.15) is 5.26 Å². The summed E-state index contributed by atoms with van der Waals surface area (Å²) in [6, 6.07) is 2.20. The Hall–Kier alpha value is -0.960. The number of thiazole rings is 1. The summed E-state index contributed by atoms with van der Waals surface area (Å²) in [5.41, 5.74) is 0.875. The van der Waals surface area contributed by atoms with E-state index in [1.165, 1.54) is 11.3 Å². The van der Waals surface area contributed by atoms with Gasteiger partial charge in [0.05, 0.1) is 12.2 Å². The van der Waals surface area contributed by atoms with Gasteiger partial charge in [0.25, 0.3) is 0 Å². The molecule has 2 rings (SSSR count). The molecule has 0 aromatic carbocycles. The van der Waals surface area contributed by atoms with E-state index in [9.17, 15) is 0 Å². The average molecular weight is 250 g/mol. The van der Waals surface area contributed by atoms with E-state index in [1.807, 2.05) is 6.92 Å². The molecule has 0 atom stereocenters. The van der Waals surface area contributed by atoms with Gasteiger partial charge in [0.15, 0.2) is 0 Å². The molecule has 0 spiro atoms. The molecule has 2 heterocycles. The first-order valence-electron chi connectivity index (χ1n) is 6.04. The molecule has 0 N–H and O–H groups in total. The van der Waals surface area contributed by atoms with Crippen molar-refractivity contribution in [2.24, 2.45) is 0 Å². The Balaban J connectivity index is 1.91. The lowest BCUT2D eigenvalue weighted by atomic mass is 10.3. The predicted molar refractivity (Wildman–Crippen MR) is 69.0 cm³/mol. The zero-order valence-corrected chi connectivity index (χ0v) is 11.3. The summed E-state index contributed by atoms with van der Waals surface area (Å²) in [5.74, 6) is 0. The number of piperazine rings is 1. The first-order chi connectivity index (χ1) is 8.22. The number of rotatable bonds is 3. The molecule has 1 aromatic rings. The van der Waals surface area contributed by atoms with Crippen molar-refractivity contribution in [1.29, 1.82) is 5.26 Å². The quantitative estimate of drug-likeness (QED) is 0.814. The Kier molecular flexibility index (Phi) is 4.11. The first kappa shape index (κ1) is 12.5. The van der Waals surface area contributed by atoms with Crippen LogP contribution in [0.2, 0.25) is 0 Å². The third-order valence-electron chi connectivity index (χ3n) is 3.21. The third-order valence-corrected chi connectivity index (χ3v) is 4.26. The number of hydrogen-bond acceptors (Lipinski definition) is 5. The van der Waals surface area contributed by atoms with Gasteiger partial charge in [0.2, 0.25) is 0 Å². The highest BCUT2D eigenvalue weighted by Gasteiger charge is 2.17. The average Bonchev–Trinajstić information content (AvgIpc) is 2.70. The van der Waals surface area contributed by atoms with Crippen molar-refractivity contribution in [2.45, 2.75) is 20.4 Å². The van der Waals surface area contributed by atoms with Gasteiger partial charge in [-0.1, -0.05) is 6.92 Å². The minimum Gasteiger partial charge on any atom is -0.301 e. The summed E-state index contributed by atoms with van der Waals surface area (Å²) in [4.78, 5) is 10.1. The Morgan fingerprint density at radius 1 is 1.29 bits per heavy atom. The number of nitrogens with zero attached hydrogens (tertiary/aromatic N) is 4. The van der Waals surface area contributed by atoms with E-state index in [1.54, 1.807) is 0 Å². The first-order valence-corrected chi connectivity index (χ1v) is 6.85. The molecule has 0 amide bonds. The second-order valence-corrected chi connectivity index (χ2v) is 5.43. The molecule has 1 aromatic heterocycles. The van der Waals surface area contributed by atoms with Crippen LogP contribution in [0.5, 0.6) is 0 Å². The van der Waals surface area contributed by atoms with Crippen LogP contribution in [0, 0.1) is 18.3 Å². The molecule has 1 saturated heterocycles. The van der Waals surface area contributed by atoms with E-state index in [0.29, 0.717) is 0 Å². The van der Waals surface area contributed by atoms with Crippen molar-refractivity contribution in [3.8, 4) is 6.07 Å². The van der Waals surface area contributed by atoms with Crippen LogP contribution in [-0.4, -0.2) is 47.5 Å². The summed E-state index contributed by atoms with van der Waals surface area (Å²) in [5, 5.41) is 9.98. The fraction of sp³-hybridized carbons (Fsp3) is 0.667. The van der Waals surface area contributed by atoms with Gasteiger partial charge in [-0.15, -0.1) is 11.3 Å². The molecule has 1 aliphatic rings. The van der Waals surface area contributed by atoms with Crippen molar-refractivity contribution in [3.63, 3.8) is 0 Å². The maximum absolute atomic E-state index is 8.90. The minimum atomic E-state index is 0.757. The van der Waals surface area contributed by atoms with Crippen LogP contribution in [0.3, 0.4) is 0 Å². The number of likely N-dealkylation sites (N-methyl/N-ethyl adjacent to an activating group) is 1. The molecule has 0 bridgehead atoms. The maximum Gasteiger partial charge on any atom is 0.127 e. The lowest BCUT2D eigenvalue weighted by molar-refractivity contribution is 0.132. The molecular weight excluding hydrogens is 232 g/mol. The summed E-state index contributed by atoms with van der Waals surface area (Å²) in [6.45, 7) is 10.7. The van der Waals surface area contributed by atoms with Crippen molar-refractivity contribution in [2.75, 3.05) is 32.7 Å². The van der Waals surface area contributed by atoms with Gasteiger partial charge < -0.3 is 4.90 Å². The van der Waals surface area contributed by atoms with Crippen LogP contribution in [0.15, 0.2) is 0 Å². The highest BCUT2D eigenvalue weighted by Crippen LogP contribution is 2.18. The van der Waals surface area contributed by atoms with Gasteiger partial charge in [-0.3, -0.25) is 4.90 Å². The molecule has 5 heteroatoms. The second kappa shape index (κ2) is 5.58. The smallest absolute Gasteiger partial charge is 0.127 e. The molecular formula is C12H18N4S. The standard InChI is InChI=1S/C12H18N4S/c1-3-15-4-6-16(7-5-15)9-12-14-10(2)11(8-13)17-12/h3-7,9H2,1-2H3. The molecule has 1 aliphatic heterocycles. The topological polar surface area (TPSA) is 43.2 Å². The van der Waals surface area contributed by atoms with Gasteiger partial charge in [0.1, 0.15) is 16.0 Å². The zero-order valence-electron chi connectivity index (χ0n) is 10.4. The monoisotopic (exact) mass is 250 g/mol. The second-order valence-electron chi connectivity index (χ2n) is 4.34. The van der Waals surface area contributed by atoms with Crippen LogP contribution >= 0.6 is 11.3 Å². The summed E-state index contributed by atoms with van der Waals surface area (Å²) in [6.07, 6.45) is 0. The Labute approximate surface area is 106 Å². The van der Waals surface area contributed by atoms with Crippen LogP contribution < -0.4 is 0 Å². The Morgan fingerprint density at radius 2 is 1.94 bits per heavy atom. The normalized spacial score (nSPS) is 18.2. The van der Waals surface area contributed by atoms with Gasteiger partial charge in [0, 0.05) is 26.2 Å². The van der Waals surface area contributed by atoms with Crippen LogP contribution in [-0.2, 0) is 6.54 Å². The number of nitriles is 1. The van der Waals surface area contributed by atoms with Crippen molar-refractivity contribution >= 4 is 11.3 Å². The van der Waals surface area contributed by atoms with E-state index in [4.69, 9.17) is 5.26 Å². The minimum absolute atomic E-state index is 0.757. The number of hydrogen-bond donors (Lipinski definition) is 0. The van der Waals surface area contributed by atoms with Crippen LogP contribution in [0.25, 0.3) is 0 Å². The van der Waals surface area contributed by atoms with E-state index in [-0.39, 0.29) is 0 Å². The van der Waals surface area contributed by atoms with Crippen molar-refractivity contribution in [3.05, 3.63) is 15.6 Å². The van der Waals surface area contributed by atoms with Crippen molar-refractivity contribution < 1.29 is 0 Å². The Bertz CT molecular complexity index is 413. The van der Waals surface area contributed by atoms with Gasteiger partial charge in [-0.05, 0) is 13.5 Å². The molecule has 0 unspecified atom stereocenters.